The average Bonchev–Trinajstić information content (AvgIpc) is 2.95. The van der Waals surface area contributed by atoms with Gasteiger partial charge in [-0.2, -0.15) is 0 Å². The highest BCUT2D eigenvalue weighted by Gasteiger charge is 2.31. The molecular formula is C18H25N3O5. The van der Waals surface area contributed by atoms with E-state index in [0.717, 1.165) is 5.75 Å². The number of nitrogens with one attached hydrogen (secondary N) is 1. The number of carboxylic acids is 1. The summed E-state index contributed by atoms with van der Waals surface area (Å²) >= 11 is 0. The minimum atomic E-state index is -0.953. The van der Waals surface area contributed by atoms with Gasteiger partial charge < -0.3 is 25.0 Å². The van der Waals surface area contributed by atoms with Crippen molar-refractivity contribution in [2.24, 2.45) is 5.92 Å². The standard InChI is InChI=1S/C18H25N3O5/c1-13(17(23)24)11-20(2)18(25)19-14-10-16(22)21(12-14)8-9-26-15-6-4-3-5-7-15/h3-7,13-14H,8-12H2,1-2H3,(H,19,25)(H,23,24). The molecule has 1 fully saturated rings. The van der Waals surface area contributed by atoms with E-state index in [1.165, 1.54) is 11.9 Å². The summed E-state index contributed by atoms with van der Waals surface area (Å²) in [5.74, 6) is -0.889. The van der Waals surface area contributed by atoms with E-state index in [0.29, 0.717) is 19.7 Å². The highest BCUT2D eigenvalue weighted by atomic mass is 16.5. The Labute approximate surface area is 152 Å². The zero-order valence-electron chi connectivity index (χ0n) is 15.1. The Bertz CT molecular complexity index is 637. The molecule has 1 aromatic rings. The van der Waals surface area contributed by atoms with Gasteiger partial charge in [0.25, 0.3) is 0 Å². The van der Waals surface area contributed by atoms with Crippen LogP contribution in [-0.2, 0) is 9.59 Å². The van der Waals surface area contributed by atoms with Crippen LogP contribution in [0.3, 0.4) is 0 Å². The molecule has 1 aromatic carbocycles. The highest BCUT2D eigenvalue weighted by Crippen LogP contribution is 2.13. The molecule has 0 radical (unpaired) electrons. The lowest BCUT2D eigenvalue weighted by Gasteiger charge is -2.22. The van der Waals surface area contributed by atoms with E-state index < -0.39 is 11.9 Å². The first-order chi connectivity index (χ1) is 12.4. The zero-order valence-corrected chi connectivity index (χ0v) is 15.1. The third-order valence-electron chi connectivity index (χ3n) is 4.23. The van der Waals surface area contributed by atoms with Crippen molar-refractivity contribution in [3.05, 3.63) is 30.3 Å². The summed E-state index contributed by atoms with van der Waals surface area (Å²) in [6.07, 6.45) is 0.236. The van der Waals surface area contributed by atoms with Crippen molar-refractivity contribution >= 4 is 17.9 Å². The minimum absolute atomic E-state index is 0.0338. The van der Waals surface area contributed by atoms with Gasteiger partial charge in [0, 0.05) is 26.6 Å². The normalized spacial score (nSPS) is 17.7. The summed E-state index contributed by atoms with van der Waals surface area (Å²) in [5.41, 5.74) is 0. The maximum atomic E-state index is 12.1. The van der Waals surface area contributed by atoms with Gasteiger partial charge in [-0.15, -0.1) is 0 Å². The molecule has 26 heavy (non-hydrogen) atoms. The molecule has 0 saturated carbocycles. The van der Waals surface area contributed by atoms with Crippen LogP contribution in [0.5, 0.6) is 5.75 Å². The van der Waals surface area contributed by atoms with Gasteiger partial charge in [-0.1, -0.05) is 25.1 Å². The predicted molar refractivity (Wildman–Crippen MR) is 94.9 cm³/mol. The largest absolute Gasteiger partial charge is 0.492 e. The molecule has 2 N–H and O–H groups in total. The molecule has 0 bridgehead atoms. The van der Waals surface area contributed by atoms with Crippen LogP contribution in [0.2, 0.25) is 0 Å². The topological polar surface area (TPSA) is 99.2 Å². The van der Waals surface area contributed by atoms with E-state index in [1.807, 2.05) is 30.3 Å². The number of benzene rings is 1. The number of hydrogen-bond donors (Lipinski definition) is 2. The monoisotopic (exact) mass is 363 g/mol. The van der Waals surface area contributed by atoms with E-state index in [4.69, 9.17) is 9.84 Å². The van der Waals surface area contributed by atoms with E-state index in [9.17, 15) is 14.4 Å². The Morgan fingerprint density at radius 2 is 2.08 bits per heavy atom. The number of rotatable bonds is 8. The van der Waals surface area contributed by atoms with Crippen LogP contribution < -0.4 is 10.1 Å². The summed E-state index contributed by atoms with van der Waals surface area (Å²) in [6.45, 7) is 2.90. The molecule has 8 nitrogen and oxygen atoms in total. The molecule has 2 unspecified atom stereocenters. The van der Waals surface area contributed by atoms with Gasteiger partial charge >= 0.3 is 12.0 Å². The van der Waals surface area contributed by atoms with Crippen molar-refractivity contribution in [3.8, 4) is 5.75 Å². The van der Waals surface area contributed by atoms with Crippen LogP contribution in [-0.4, -0.2) is 72.1 Å². The van der Waals surface area contributed by atoms with Gasteiger partial charge in [0.2, 0.25) is 5.91 Å². The molecule has 1 heterocycles. The predicted octanol–water partition coefficient (Wildman–Crippen LogP) is 1.03. The Morgan fingerprint density at radius 1 is 1.38 bits per heavy atom. The quantitative estimate of drug-likeness (QED) is 0.719. The number of aliphatic carboxylic acids is 1. The molecule has 3 amide bonds. The molecule has 8 heteroatoms. The van der Waals surface area contributed by atoms with Gasteiger partial charge in [-0.25, -0.2) is 4.79 Å². The summed E-state index contributed by atoms with van der Waals surface area (Å²) in [5, 5.41) is 11.7. The fourth-order valence-corrected chi connectivity index (χ4v) is 2.73. The first kappa shape index (κ1) is 19.6. The number of carboxylic acid groups (broad SMARTS) is 1. The van der Waals surface area contributed by atoms with Crippen LogP contribution in [0.15, 0.2) is 30.3 Å². The van der Waals surface area contributed by atoms with Gasteiger partial charge in [-0.05, 0) is 12.1 Å². The van der Waals surface area contributed by atoms with Gasteiger partial charge in [-0.3, -0.25) is 9.59 Å². The Balaban J connectivity index is 1.74. The van der Waals surface area contributed by atoms with Crippen LogP contribution in [0, 0.1) is 5.92 Å². The molecule has 2 rings (SSSR count). The van der Waals surface area contributed by atoms with Gasteiger partial charge in [0.05, 0.1) is 18.5 Å². The van der Waals surface area contributed by atoms with Crippen molar-refractivity contribution in [1.29, 1.82) is 0 Å². The number of hydrogen-bond acceptors (Lipinski definition) is 4. The van der Waals surface area contributed by atoms with E-state index in [2.05, 4.69) is 5.32 Å². The average molecular weight is 363 g/mol. The van der Waals surface area contributed by atoms with Crippen LogP contribution in [0.4, 0.5) is 4.79 Å². The highest BCUT2D eigenvalue weighted by molar-refractivity contribution is 5.81. The zero-order chi connectivity index (χ0) is 19.1. The fourth-order valence-electron chi connectivity index (χ4n) is 2.73. The van der Waals surface area contributed by atoms with E-state index >= 15 is 0 Å². The summed E-state index contributed by atoms with van der Waals surface area (Å²) < 4.78 is 5.59. The van der Waals surface area contributed by atoms with Crippen molar-refractivity contribution in [2.45, 2.75) is 19.4 Å². The number of carbonyl (C=O) groups excluding carboxylic acids is 2. The van der Waals surface area contributed by atoms with E-state index in [1.54, 1.807) is 11.8 Å². The van der Waals surface area contributed by atoms with Crippen molar-refractivity contribution in [3.63, 3.8) is 0 Å². The van der Waals surface area contributed by atoms with Gasteiger partial charge in [0.15, 0.2) is 0 Å². The van der Waals surface area contributed by atoms with E-state index in [-0.39, 0.29) is 30.9 Å². The first-order valence-electron chi connectivity index (χ1n) is 8.57. The molecule has 2 atom stereocenters. The lowest BCUT2D eigenvalue weighted by atomic mass is 10.2. The Kier molecular flexibility index (Phi) is 6.82. The fraction of sp³-hybridized carbons (Fsp3) is 0.500. The minimum Gasteiger partial charge on any atom is -0.492 e. The second-order valence-corrected chi connectivity index (χ2v) is 6.47. The SMILES string of the molecule is CC(CN(C)C(=O)NC1CC(=O)N(CCOc2ccccc2)C1)C(=O)O. The van der Waals surface area contributed by atoms with Gasteiger partial charge in [0.1, 0.15) is 12.4 Å². The third-order valence-corrected chi connectivity index (χ3v) is 4.23. The maximum absolute atomic E-state index is 12.1. The molecular weight excluding hydrogens is 338 g/mol. The summed E-state index contributed by atoms with van der Waals surface area (Å²) in [6, 6.07) is 8.70. The first-order valence-corrected chi connectivity index (χ1v) is 8.57. The molecule has 0 aliphatic carbocycles. The van der Waals surface area contributed by atoms with Crippen LogP contribution in [0.25, 0.3) is 0 Å². The molecule has 1 saturated heterocycles. The smallest absolute Gasteiger partial charge is 0.317 e. The lowest BCUT2D eigenvalue weighted by Crippen LogP contribution is -2.46. The third kappa shape index (κ3) is 5.65. The Hall–Kier alpha value is -2.77. The summed E-state index contributed by atoms with van der Waals surface area (Å²) in [4.78, 5) is 38.1. The van der Waals surface area contributed by atoms with Crippen molar-refractivity contribution in [2.75, 3.05) is 33.3 Å². The molecule has 1 aliphatic heterocycles. The second kappa shape index (κ2) is 9.07. The number of ether oxygens (including phenoxy) is 1. The second-order valence-electron chi connectivity index (χ2n) is 6.47. The maximum Gasteiger partial charge on any atom is 0.317 e. The molecule has 0 spiro atoms. The van der Waals surface area contributed by atoms with Crippen LogP contribution >= 0.6 is 0 Å². The Morgan fingerprint density at radius 3 is 2.73 bits per heavy atom. The lowest BCUT2D eigenvalue weighted by molar-refractivity contribution is -0.141. The van der Waals surface area contributed by atoms with Crippen molar-refractivity contribution in [1.82, 2.24) is 15.1 Å². The number of carbonyl (C=O) groups is 3. The number of amides is 3. The van der Waals surface area contributed by atoms with Crippen LogP contribution in [0.1, 0.15) is 13.3 Å². The molecule has 1 aliphatic rings. The number of urea groups is 1. The van der Waals surface area contributed by atoms with Crippen molar-refractivity contribution < 1.29 is 24.2 Å². The molecule has 142 valence electrons. The number of nitrogens with zero attached hydrogens (tertiary/aromatic N) is 2. The molecule has 0 aromatic heterocycles. The summed E-state index contributed by atoms with van der Waals surface area (Å²) in [7, 11) is 1.54. The number of para-hydroxylation sites is 1. The number of likely N-dealkylation sites (tertiary alicyclic amines) is 1.